The molecule has 2 N–H and O–H groups in total. The predicted octanol–water partition coefficient (Wildman–Crippen LogP) is 2.11. The lowest BCUT2D eigenvalue weighted by Gasteiger charge is -2.35. The van der Waals surface area contributed by atoms with E-state index < -0.39 is 51.3 Å². The number of hydrogen-bond acceptors (Lipinski definition) is 7. The number of benzene rings is 1. The van der Waals surface area contributed by atoms with Crippen LogP contribution in [0.25, 0.3) is 0 Å². The summed E-state index contributed by atoms with van der Waals surface area (Å²) < 4.78 is 83.1. The van der Waals surface area contributed by atoms with Gasteiger partial charge in [-0.15, -0.1) is 0 Å². The number of halogens is 4. The average molecular weight is 555 g/mol. The largest absolute Gasteiger partial charge is 0.407 e. The minimum absolute atomic E-state index is 0.0516. The summed E-state index contributed by atoms with van der Waals surface area (Å²) in [5, 5.41) is 13.9. The summed E-state index contributed by atoms with van der Waals surface area (Å²) in [6.07, 6.45) is -2.70. The zero-order valence-electron chi connectivity index (χ0n) is 20.2. The normalized spacial score (nSPS) is 19.3. The van der Waals surface area contributed by atoms with Gasteiger partial charge in [0.05, 0.1) is 11.8 Å². The number of alkyl halides is 3. The quantitative estimate of drug-likeness (QED) is 0.456. The predicted molar refractivity (Wildman–Crippen MR) is 130 cm³/mol. The molecule has 1 saturated heterocycles. The Morgan fingerprint density at radius 1 is 1.11 bits per heavy atom. The number of anilines is 1. The van der Waals surface area contributed by atoms with Crippen molar-refractivity contribution in [3.8, 4) is 6.07 Å². The molecular weight excluding hydrogens is 528 g/mol. The van der Waals surface area contributed by atoms with E-state index in [1.54, 1.807) is 24.4 Å². The molecule has 204 valence electrons. The molecule has 2 fully saturated rings. The van der Waals surface area contributed by atoms with Crippen molar-refractivity contribution < 1.29 is 30.8 Å². The lowest BCUT2D eigenvalue weighted by molar-refractivity contribution is -0.160. The van der Waals surface area contributed by atoms with Gasteiger partial charge in [0.2, 0.25) is 15.9 Å². The molecular formula is C24H26F4N6O3S. The van der Waals surface area contributed by atoms with Crippen LogP contribution in [0.15, 0.2) is 48.7 Å². The molecule has 1 aromatic carbocycles. The van der Waals surface area contributed by atoms with E-state index >= 15 is 0 Å². The van der Waals surface area contributed by atoms with Crippen LogP contribution >= 0.6 is 0 Å². The Balaban J connectivity index is 1.54. The Hall–Kier alpha value is -3.28. The van der Waals surface area contributed by atoms with Gasteiger partial charge in [0.25, 0.3) is 0 Å². The van der Waals surface area contributed by atoms with Crippen molar-refractivity contribution in [2.75, 3.05) is 36.8 Å². The van der Waals surface area contributed by atoms with Gasteiger partial charge in [-0.05, 0) is 42.7 Å². The van der Waals surface area contributed by atoms with E-state index in [-0.39, 0.29) is 18.7 Å². The highest BCUT2D eigenvalue weighted by atomic mass is 32.2. The van der Waals surface area contributed by atoms with E-state index in [0.717, 1.165) is 28.6 Å². The van der Waals surface area contributed by atoms with E-state index in [1.807, 2.05) is 11.0 Å². The maximum atomic E-state index is 14.0. The summed E-state index contributed by atoms with van der Waals surface area (Å²) in [7, 11) is -4.20. The van der Waals surface area contributed by atoms with E-state index in [9.17, 15) is 36.0 Å². The zero-order valence-corrected chi connectivity index (χ0v) is 21.0. The first-order valence-electron chi connectivity index (χ1n) is 11.9. The van der Waals surface area contributed by atoms with Gasteiger partial charge in [-0.2, -0.15) is 22.7 Å². The molecule has 0 spiro atoms. The van der Waals surface area contributed by atoms with Crippen molar-refractivity contribution in [3.63, 3.8) is 0 Å². The van der Waals surface area contributed by atoms with Crippen LogP contribution < -0.4 is 15.5 Å². The number of amides is 1. The van der Waals surface area contributed by atoms with Crippen LogP contribution in [0, 0.1) is 17.1 Å². The molecule has 1 saturated carbocycles. The fourth-order valence-electron chi connectivity index (χ4n) is 4.20. The van der Waals surface area contributed by atoms with Crippen LogP contribution in [0.2, 0.25) is 0 Å². The molecule has 1 aromatic heterocycles. The number of aromatic nitrogens is 1. The van der Waals surface area contributed by atoms with Gasteiger partial charge in [-0.3, -0.25) is 10.1 Å². The third-order valence-corrected chi connectivity index (χ3v) is 8.43. The molecule has 1 unspecified atom stereocenters. The van der Waals surface area contributed by atoms with Gasteiger partial charge in [0.1, 0.15) is 29.3 Å². The van der Waals surface area contributed by atoms with Crippen molar-refractivity contribution in [2.24, 2.45) is 0 Å². The van der Waals surface area contributed by atoms with Crippen LogP contribution in [0.3, 0.4) is 0 Å². The number of carbonyl (C=O) groups is 1. The fraction of sp³-hybridized carbons (Fsp3) is 0.458. The SMILES string of the molecule is N#CC1(NC(=O)C(CS(=O)(=O)N2CCN(c3ccccn3)CC2)N[C@H](c2ccc(F)cc2)C(F)(F)F)CC1. The fourth-order valence-corrected chi connectivity index (χ4v) is 5.80. The van der Waals surface area contributed by atoms with E-state index in [1.165, 1.54) is 0 Å². The van der Waals surface area contributed by atoms with Gasteiger partial charge >= 0.3 is 6.18 Å². The molecule has 1 aliphatic carbocycles. The average Bonchev–Trinajstić information content (AvgIpc) is 3.67. The molecule has 2 heterocycles. The monoisotopic (exact) mass is 554 g/mol. The number of pyridine rings is 1. The second-order valence-corrected chi connectivity index (χ2v) is 11.3. The zero-order chi connectivity index (χ0) is 27.6. The summed E-state index contributed by atoms with van der Waals surface area (Å²) in [5.41, 5.74) is -1.61. The third-order valence-electron chi connectivity index (χ3n) is 6.52. The number of nitrogens with one attached hydrogen (secondary N) is 2. The van der Waals surface area contributed by atoms with Crippen molar-refractivity contribution in [1.82, 2.24) is 19.9 Å². The van der Waals surface area contributed by atoms with Crippen molar-refractivity contribution in [2.45, 2.75) is 36.6 Å². The molecule has 4 rings (SSSR count). The third kappa shape index (κ3) is 6.58. The molecule has 0 bridgehead atoms. The molecule has 14 heteroatoms. The number of rotatable bonds is 9. The second kappa shape index (κ2) is 10.8. The molecule has 0 radical (unpaired) electrons. The number of carbonyl (C=O) groups excluding carboxylic acids is 1. The highest BCUT2D eigenvalue weighted by Gasteiger charge is 2.48. The van der Waals surface area contributed by atoms with Gasteiger partial charge in [-0.1, -0.05) is 18.2 Å². The minimum Gasteiger partial charge on any atom is -0.354 e. The van der Waals surface area contributed by atoms with E-state index in [2.05, 4.69) is 15.6 Å². The Morgan fingerprint density at radius 3 is 2.29 bits per heavy atom. The number of nitriles is 1. The molecule has 2 atom stereocenters. The van der Waals surface area contributed by atoms with Crippen LogP contribution in [-0.2, 0) is 14.8 Å². The molecule has 38 heavy (non-hydrogen) atoms. The summed E-state index contributed by atoms with van der Waals surface area (Å²) in [5.74, 6) is -2.07. The Labute approximate surface area is 217 Å². The van der Waals surface area contributed by atoms with Crippen molar-refractivity contribution in [3.05, 3.63) is 60.0 Å². The topological polar surface area (TPSA) is 118 Å². The van der Waals surface area contributed by atoms with Crippen LogP contribution in [-0.4, -0.2) is 73.3 Å². The van der Waals surface area contributed by atoms with Crippen molar-refractivity contribution in [1.29, 1.82) is 5.26 Å². The first-order valence-corrected chi connectivity index (χ1v) is 13.5. The smallest absolute Gasteiger partial charge is 0.354 e. The highest BCUT2D eigenvalue weighted by molar-refractivity contribution is 7.89. The highest BCUT2D eigenvalue weighted by Crippen LogP contribution is 2.36. The van der Waals surface area contributed by atoms with Crippen LogP contribution in [0.4, 0.5) is 23.4 Å². The maximum Gasteiger partial charge on any atom is 0.407 e. The molecule has 2 aliphatic rings. The Kier molecular flexibility index (Phi) is 7.91. The van der Waals surface area contributed by atoms with Gasteiger partial charge in [0.15, 0.2) is 0 Å². The van der Waals surface area contributed by atoms with Crippen molar-refractivity contribution >= 4 is 21.7 Å². The Bertz CT molecular complexity index is 1270. The first kappa shape index (κ1) is 27.7. The number of nitrogens with zero attached hydrogens (tertiary/aromatic N) is 4. The lowest BCUT2D eigenvalue weighted by atomic mass is 10.0. The molecule has 9 nitrogen and oxygen atoms in total. The van der Waals surface area contributed by atoms with Gasteiger partial charge in [0, 0.05) is 32.4 Å². The lowest BCUT2D eigenvalue weighted by Crippen LogP contribution is -2.57. The number of hydrogen-bond donors (Lipinski definition) is 2. The van der Waals surface area contributed by atoms with E-state index in [0.29, 0.717) is 31.7 Å². The van der Waals surface area contributed by atoms with Gasteiger partial charge in [-0.25, -0.2) is 17.8 Å². The van der Waals surface area contributed by atoms with Gasteiger partial charge < -0.3 is 10.2 Å². The number of piperazine rings is 1. The van der Waals surface area contributed by atoms with Crippen LogP contribution in [0.5, 0.6) is 0 Å². The summed E-state index contributed by atoms with van der Waals surface area (Å²) in [6.45, 7) is 0.712. The standard InChI is InChI=1S/C24H26F4N6O3S/c25-18-6-4-17(5-7-18)21(24(26,27)28)31-19(22(35)32-23(16-29)8-9-23)15-38(36,37)34-13-11-33(12-14-34)20-3-1-2-10-30-20/h1-7,10,19,21,31H,8-9,11-15H2,(H,32,35)/t19?,21-/m1/s1. The molecule has 1 aliphatic heterocycles. The summed E-state index contributed by atoms with van der Waals surface area (Å²) in [4.78, 5) is 19.2. The summed E-state index contributed by atoms with van der Waals surface area (Å²) >= 11 is 0. The maximum absolute atomic E-state index is 14.0. The molecule has 2 aromatic rings. The number of sulfonamides is 1. The Morgan fingerprint density at radius 2 is 1.76 bits per heavy atom. The van der Waals surface area contributed by atoms with E-state index in [4.69, 9.17) is 0 Å². The summed E-state index contributed by atoms with van der Waals surface area (Å²) in [6, 6.07) is 6.47. The first-order chi connectivity index (χ1) is 17.9. The molecule has 1 amide bonds. The minimum atomic E-state index is -4.93. The van der Waals surface area contributed by atoms with Crippen LogP contribution in [0.1, 0.15) is 24.4 Å². The second-order valence-electron chi connectivity index (χ2n) is 9.28.